The van der Waals surface area contributed by atoms with Crippen molar-refractivity contribution in [2.75, 3.05) is 26.2 Å². The molecular weight excluding hydrogens is 314 g/mol. The van der Waals surface area contributed by atoms with E-state index < -0.39 is 0 Å². The lowest BCUT2D eigenvalue weighted by molar-refractivity contribution is -0.130. The Hall–Kier alpha value is -2.30. The number of fused-ring (bicyclic) bond motifs is 1. The maximum Gasteiger partial charge on any atom is 0.256 e. The van der Waals surface area contributed by atoms with Crippen molar-refractivity contribution >= 4 is 22.7 Å². The van der Waals surface area contributed by atoms with Crippen LogP contribution in [0.2, 0.25) is 0 Å². The Kier molecular flexibility index (Phi) is 4.84. The number of aromatic nitrogens is 1. The monoisotopic (exact) mass is 341 g/mol. The van der Waals surface area contributed by atoms with Gasteiger partial charge in [0.1, 0.15) is 0 Å². The van der Waals surface area contributed by atoms with Gasteiger partial charge in [0.25, 0.3) is 5.91 Å². The SMILES string of the molecule is Cc1[nH]c2c(C(=O)N3CCC(=O)N(CC(C)C)CC3)cccc2c1C. The topological polar surface area (TPSA) is 56.4 Å². The van der Waals surface area contributed by atoms with Gasteiger partial charge in [0.2, 0.25) is 5.91 Å². The predicted molar refractivity (Wildman–Crippen MR) is 99.7 cm³/mol. The quantitative estimate of drug-likeness (QED) is 0.932. The van der Waals surface area contributed by atoms with Gasteiger partial charge in [0.05, 0.1) is 11.1 Å². The van der Waals surface area contributed by atoms with Gasteiger partial charge >= 0.3 is 0 Å². The Balaban J connectivity index is 1.84. The molecule has 1 N–H and O–H groups in total. The van der Waals surface area contributed by atoms with Gasteiger partial charge in [-0.05, 0) is 31.4 Å². The van der Waals surface area contributed by atoms with E-state index in [4.69, 9.17) is 0 Å². The van der Waals surface area contributed by atoms with E-state index in [0.717, 1.165) is 23.1 Å². The minimum atomic E-state index is 0.00560. The van der Waals surface area contributed by atoms with Crippen molar-refractivity contribution in [1.29, 1.82) is 0 Å². The minimum absolute atomic E-state index is 0.00560. The van der Waals surface area contributed by atoms with Gasteiger partial charge in [-0.15, -0.1) is 0 Å². The van der Waals surface area contributed by atoms with Gasteiger partial charge in [0.15, 0.2) is 0 Å². The Bertz CT molecular complexity index is 807. The summed E-state index contributed by atoms with van der Waals surface area (Å²) in [6.45, 7) is 10.8. The number of para-hydroxylation sites is 1. The molecule has 1 aromatic carbocycles. The van der Waals surface area contributed by atoms with Crippen LogP contribution in [0.1, 0.15) is 41.9 Å². The first kappa shape index (κ1) is 17.5. The van der Waals surface area contributed by atoms with Crippen LogP contribution < -0.4 is 0 Å². The second-order valence-electron chi connectivity index (χ2n) is 7.38. The number of hydrogen-bond donors (Lipinski definition) is 1. The average molecular weight is 341 g/mol. The summed E-state index contributed by atoms with van der Waals surface area (Å²) in [4.78, 5) is 32.5. The molecule has 0 unspecified atom stereocenters. The van der Waals surface area contributed by atoms with Crippen molar-refractivity contribution < 1.29 is 9.59 Å². The Morgan fingerprint density at radius 3 is 2.68 bits per heavy atom. The number of rotatable bonds is 3. The molecule has 0 aliphatic carbocycles. The maximum absolute atomic E-state index is 13.1. The van der Waals surface area contributed by atoms with Crippen LogP contribution in [0.5, 0.6) is 0 Å². The summed E-state index contributed by atoms with van der Waals surface area (Å²) < 4.78 is 0. The van der Waals surface area contributed by atoms with Gasteiger partial charge in [-0.2, -0.15) is 0 Å². The molecule has 1 aromatic heterocycles. The van der Waals surface area contributed by atoms with Crippen molar-refractivity contribution in [3.8, 4) is 0 Å². The highest BCUT2D eigenvalue weighted by Crippen LogP contribution is 2.25. The zero-order valence-electron chi connectivity index (χ0n) is 15.6. The normalized spacial score (nSPS) is 16.0. The van der Waals surface area contributed by atoms with Crippen molar-refractivity contribution in [2.45, 2.75) is 34.1 Å². The molecule has 25 heavy (non-hydrogen) atoms. The molecule has 1 aliphatic rings. The highest BCUT2D eigenvalue weighted by atomic mass is 16.2. The first-order chi connectivity index (χ1) is 11.9. The molecule has 0 bridgehead atoms. The number of amides is 2. The molecule has 1 saturated heterocycles. The molecule has 5 heteroatoms. The zero-order chi connectivity index (χ0) is 18.1. The number of hydrogen-bond acceptors (Lipinski definition) is 2. The Morgan fingerprint density at radius 2 is 1.96 bits per heavy atom. The van der Waals surface area contributed by atoms with Crippen LogP contribution in [-0.4, -0.2) is 52.8 Å². The third kappa shape index (κ3) is 3.41. The lowest BCUT2D eigenvalue weighted by atomic mass is 10.1. The van der Waals surface area contributed by atoms with Crippen molar-refractivity contribution in [1.82, 2.24) is 14.8 Å². The smallest absolute Gasteiger partial charge is 0.256 e. The molecular formula is C20H27N3O2. The lowest BCUT2D eigenvalue weighted by Crippen LogP contribution is -2.37. The van der Waals surface area contributed by atoms with Crippen LogP contribution in [0, 0.1) is 19.8 Å². The summed E-state index contributed by atoms with van der Waals surface area (Å²) in [6.07, 6.45) is 0.400. The third-order valence-electron chi connectivity index (χ3n) is 5.03. The van der Waals surface area contributed by atoms with E-state index in [1.807, 2.05) is 34.9 Å². The maximum atomic E-state index is 13.1. The molecule has 0 radical (unpaired) electrons. The van der Waals surface area contributed by atoms with Crippen LogP contribution >= 0.6 is 0 Å². The third-order valence-corrected chi connectivity index (χ3v) is 5.03. The molecule has 0 spiro atoms. The van der Waals surface area contributed by atoms with E-state index in [0.29, 0.717) is 37.5 Å². The number of nitrogens with one attached hydrogen (secondary N) is 1. The average Bonchev–Trinajstić information content (AvgIpc) is 2.75. The second kappa shape index (κ2) is 6.90. The largest absolute Gasteiger partial charge is 0.358 e. The molecule has 2 amide bonds. The first-order valence-corrected chi connectivity index (χ1v) is 9.03. The second-order valence-corrected chi connectivity index (χ2v) is 7.38. The van der Waals surface area contributed by atoms with Crippen LogP contribution in [0.25, 0.3) is 10.9 Å². The summed E-state index contributed by atoms with van der Waals surface area (Å²) in [5, 5.41) is 1.09. The fourth-order valence-electron chi connectivity index (χ4n) is 3.53. The van der Waals surface area contributed by atoms with E-state index in [-0.39, 0.29) is 11.8 Å². The van der Waals surface area contributed by atoms with Gasteiger partial charge in [-0.1, -0.05) is 26.0 Å². The van der Waals surface area contributed by atoms with E-state index >= 15 is 0 Å². The summed E-state index contributed by atoms with van der Waals surface area (Å²) >= 11 is 0. The fourth-order valence-corrected chi connectivity index (χ4v) is 3.53. The molecule has 2 heterocycles. The van der Waals surface area contributed by atoms with Gasteiger partial charge in [-0.25, -0.2) is 0 Å². The van der Waals surface area contributed by atoms with Crippen molar-refractivity contribution in [3.63, 3.8) is 0 Å². The molecule has 5 nitrogen and oxygen atoms in total. The number of aryl methyl sites for hydroxylation is 2. The van der Waals surface area contributed by atoms with Gasteiger partial charge < -0.3 is 14.8 Å². The number of nitrogens with zero attached hydrogens (tertiary/aromatic N) is 2. The molecule has 134 valence electrons. The number of carbonyl (C=O) groups is 2. The minimum Gasteiger partial charge on any atom is -0.358 e. The summed E-state index contributed by atoms with van der Waals surface area (Å²) in [5.41, 5.74) is 3.86. The summed E-state index contributed by atoms with van der Waals surface area (Å²) in [5.74, 6) is 0.588. The van der Waals surface area contributed by atoms with E-state index in [2.05, 4.69) is 25.8 Å². The van der Waals surface area contributed by atoms with E-state index in [9.17, 15) is 9.59 Å². The molecule has 0 atom stereocenters. The van der Waals surface area contributed by atoms with Crippen LogP contribution in [0.15, 0.2) is 18.2 Å². The highest BCUT2D eigenvalue weighted by Gasteiger charge is 2.26. The number of aromatic amines is 1. The predicted octanol–water partition coefficient (Wildman–Crippen LogP) is 3.12. The summed E-state index contributed by atoms with van der Waals surface area (Å²) in [7, 11) is 0. The van der Waals surface area contributed by atoms with Crippen LogP contribution in [0.4, 0.5) is 0 Å². The van der Waals surface area contributed by atoms with Gasteiger partial charge in [0, 0.05) is 43.7 Å². The molecule has 1 aliphatic heterocycles. The van der Waals surface area contributed by atoms with Crippen LogP contribution in [-0.2, 0) is 4.79 Å². The van der Waals surface area contributed by atoms with Crippen LogP contribution in [0.3, 0.4) is 0 Å². The summed E-state index contributed by atoms with van der Waals surface area (Å²) in [6, 6.07) is 5.85. The molecule has 1 fully saturated rings. The molecule has 2 aromatic rings. The number of carbonyl (C=O) groups excluding carboxylic acids is 2. The molecule has 3 rings (SSSR count). The van der Waals surface area contributed by atoms with Crippen molar-refractivity contribution in [2.24, 2.45) is 5.92 Å². The van der Waals surface area contributed by atoms with E-state index in [1.54, 1.807) is 0 Å². The standard InChI is InChI=1S/C20H27N3O2/c1-13(2)12-23-11-10-22(9-8-18(23)24)20(25)17-7-5-6-16-14(3)15(4)21-19(16)17/h5-7,13,21H,8-12H2,1-4H3. The number of benzene rings is 1. The Morgan fingerprint density at radius 1 is 1.20 bits per heavy atom. The van der Waals surface area contributed by atoms with Crippen molar-refractivity contribution in [3.05, 3.63) is 35.0 Å². The first-order valence-electron chi connectivity index (χ1n) is 9.03. The van der Waals surface area contributed by atoms with E-state index in [1.165, 1.54) is 5.56 Å². The lowest BCUT2D eigenvalue weighted by Gasteiger charge is -2.23. The zero-order valence-corrected chi connectivity index (χ0v) is 15.6. The number of H-pyrrole nitrogens is 1. The fraction of sp³-hybridized carbons (Fsp3) is 0.500. The Labute approximate surface area is 149 Å². The highest BCUT2D eigenvalue weighted by molar-refractivity contribution is 6.06. The molecule has 0 saturated carbocycles. The van der Waals surface area contributed by atoms with Gasteiger partial charge in [-0.3, -0.25) is 9.59 Å².